The number of nitrogens with two attached hydrogens (primary N) is 2. The lowest BCUT2D eigenvalue weighted by atomic mass is 10.1. The van der Waals surface area contributed by atoms with Gasteiger partial charge in [0.05, 0.1) is 12.3 Å². The fourth-order valence-electron chi connectivity index (χ4n) is 1.88. The van der Waals surface area contributed by atoms with Crippen LogP contribution in [-0.4, -0.2) is 28.1 Å². The van der Waals surface area contributed by atoms with Crippen molar-refractivity contribution < 1.29 is 20.2 Å². The number of aliphatic imine (C=N–C) groups is 1. The average molecular weight is 333 g/mol. The summed E-state index contributed by atoms with van der Waals surface area (Å²) >= 11 is 0. The van der Waals surface area contributed by atoms with Crippen molar-refractivity contribution in [3.63, 3.8) is 0 Å². The lowest BCUT2D eigenvalue weighted by Gasteiger charge is -2.06. The van der Waals surface area contributed by atoms with Gasteiger partial charge in [-0.3, -0.25) is 0 Å². The van der Waals surface area contributed by atoms with Crippen molar-refractivity contribution in [2.24, 2.45) is 16.5 Å². The van der Waals surface area contributed by atoms with Crippen LogP contribution >= 0.6 is 0 Å². The Morgan fingerprint density at radius 3 is 2.17 bits per heavy atom. The topological polar surface area (TPSA) is 134 Å². The van der Waals surface area contributed by atoms with Gasteiger partial charge in [-0.2, -0.15) is 0 Å². The molecule has 2 rings (SSSR count). The molecule has 24 heavy (non-hydrogen) atoms. The zero-order valence-corrected chi connectivity index (χ0v) is 13.1. The van der Waals surface area contributed by atoms with Crippen molar-refractivity contribution in [1.29, 1.82) is 0 Å². The van der Waals surface area contributed by atoms with Crippen LogP contribution in [-0.2, 0) is 6.42 Å². The SMILES string of the molecule is NC(N)=Nc1ccc(OCCCc2ccccc2)cc1.O=[N+](O)O. The molecule has 0 spiro atoms. The predicted octanol–water partition coefficient (Wildman–Crippen LogP) is 2.15. The third-order valence-electron chi connectivity index (χ3n) is 2.82. The summed E-state index contributed by atoms with van der Waals surface area (Å²) in [5.74, 6) is 0.883. The second kappa shape index (κ2) is 10.4. The molecule has 128 valence electrons. The van der Waals surface area contributed by atoms with Crippen LogP contribution in [0.1, 0.15) is 12.0 Å². The highest BCUT2D eigenvalue weighted by atomic mass is 16.9. The standard InChI is InChI=1S/C16H19N3O.H2NO3/c17-16(18)19-14-8-10-15(11-9-14)20-12-4-7-13-5-2-1-3-6-13;2-1(3)4/h1-3,5-6,8-11H,4,7,12H2,(H4,17,18,19);(H2,2,3,4)/q;+1. The van der Waals surface area contributed by atoms with E-state index in [0.717, 1.165) is 24.3 Å². The van der Waals surface area contributed by atoms with Gasteiger partial charge in [-0.25, -0.2) is 15.4 Å². The van der Waals surface area contributed by atoms with Gasteiger partial charge < -0.3 is 16.2 Å². The first-order valence-electron chi connectivity index (χ1n) is 7.19. The molecule has 0 atom stereocenters. The quantitative estimate of drug-likeness (QED) is 0.277. The number of benzene rings is 2. The highest BCUT2D eigenvalue weighted by molar-refractivity contribution is 5.78. The van der Waals surface area contributed by atoms with Gasteiger partial charge in [0.15, 0.2) is 5.96 Å². The maximum Gasteiger partial charge on any atom is 0.472 e. The molecule has 0 amide bonds. The lowest BCUT2D eigenvalue weighted by molar-refractivity contribution is -0.969. The molecule has 0 aromatic heterocycles. The van der Waals surface area contributed by atoms with Crippen molar-refractivity contribution in [1.82, 2.24) is 0 Å². The molecule has 8 nitrogen and oxygen atoms in total. The summed E-state index contributed by atoms with van der Waals surface area (Å²) in [6.45, 7) is 0.691. The predicted molar refractivity (Wildman–Crippen MR) is 89.4 cm³/mol. The largest absolute Gasteiger partial charge is 0.494 e. The molecule has 0 bridgehead atoms. The Labute approximate surface area is 139 Å². The second-order valence-electron chi connectivity index (χ2n) is 4.72. The summed E-state index contributed by atoms with van der Waals surface area (Å²) in [7, 11) is 0. The van der Waals surface area contributed by atoms with E-state index in [2.05, 4.69) is 29.3 Å². The van der Waals surface area contributed by atoms with Crippen molar-refractivity contribution in [2.75, 3.05) is 6.61 Å². The first-order valence-corrected chi connectivity index (χ1v) is 7.19. The third-order valence-corrected chi connectivity index (χ3v) is 2.82. The molecular formula is C16H21N4O4+. The maximum atomic E-state index is 8.47. The molecular weight excluding hydrogens is 312 g/mol. The minimum atomic E-state index is -1.25. The number of hydrogen-bond acceptors (Lipinski definition) is 3. The van der Waals surface area contributed by atoms with E-state index in [4.69, 9.17) is 31.5 Å². The molecule has 0 heterocycles. The van der Waals surface area contributed by atoms with E-state index in [0.29, 0.717) is 6.61 Å². The molecule has 2 aromatic carbocycles. The first kappa shape index (κ1) is 18.8. The number of guanidine groups is 1. The van der Waals surface area contributed by atoms with Gasteiger partial charge in [0.2, 0.25) is 0 Å². The molecule has 6 N–H and O–H groups in total. The smallest absolute Gasteiger partial charge is 0.472 e. The Bertz CT molecular complexity index is 637. The van der Waals surface area contributed by atoms with E-state index in [-0.39, 0.29) is 5.96 Å². The van der Waals surface area contributed by atoms with Crippen molar-refractivity contribution in [2.45, 2.75) is 12.8 Å². The van der Waals surface area contributed by atoms with Crippen LogP contribution in [0.5, 0.6) is 5.75 Å². The molecule has 0 radical (unpaired) electrons. The molecule has 8 heteroatoms. The van der Waals surface area contributed by atoms with Crippen LogP contribution < -0.4 is 16.2 Å². The summed E-state index contributed by atoms with van der Waals surface area (Å²) < 4.78 is 5.68. The van der Waals surface area contributed by atoms with Gasteiger partial charge in [-0.1, -0.05) is 30.3 Å². The number of hydrogen-bond donors (Lipinski definition) is 4. The molecule has 0 saturated heterocycles. The summed E-state index contributed by atoms with van der Waals surface area (Å²) in [6, 6.07) is 17.8. The van der Waals surface area contributed by atoms with Crippen molar-refractivity contribution >= 4 is 11.6 Å². The van der Waals surface area contributed by atoms with Crippen molar-refractivity contribution in [3.8, 4) is 5.75 Å². The van der Waals surface area contributed by atoms with E-state index in [1.165, 1.54) is 5.56 Å². The number of aryl methyl sites for hydroxylation is 1. The highest BCUT2D eigenvalue weighted by Gasteiger charge is 1.96. The Morgan fingerprint density at radius 2 is 1.62 bits per heavy atom. The van der Waals surface area contributed by atoms with Crippen LogP contribution in [0.4, 0.5) is 5.69 Å². The minimum absolute atomic E-state index is 0.0570. The highest BCUT2D eigenvalue weighted by Crippen LogP contribution is 2.18. The maximum absolute atomic E-state index is 8.47. The Hall–Kier alpha value is -3.29. The Balaban J connectivity index is 0.000000648. The molecule has 0 aliphatic rings. The zero-order chi connectivity index (χ0) is 17.8. The van der Waals surface area contributed by atoms with E-state index < -0.39 is 5.09 Å². The van der Waals surface area contributed by atoms with Gasteiger partial charge in [-0.05, 0) is 42.7 Å². The molecule has 0 fully saturated rings. The van der Waals surface area contributed by atoms with Crippen LogP contribution in [0.2, 0.25) is 0 Å². The first-order chi connectivity index (χ1) is 11.5. The molecule has 0 unspecified atom stereocenters. The van der Waals surface area contributed by atoms with Gasteiger partial charge in [0.25, 0.3) is 0 Å². The molecule has 0 saturated carbocycles. The summed E-state index contributed by atoms with van der Waals surface area (Å²) in [5.41, 5.74) is 12.7. The van der Waals surface area contributed by atoms with Crippen LogP contribution in [0.3, 0.4) is 0 Å². The summed E-state index contributed by atoms with van der Waals surface area (Å²) in [5, 5.41) is 12.5. The summed E-state index contributed by atoms with van der Waals surface area (Å²) in [4.78, 5) is 12.4. The van der Waals surface area contributed by atoms with Gasteiger partial charge in [-0.15, -0.1) is 0 Å². The van der Waals surface area contributed by atoms with Gasteiger partial charge >= 0.3 is 5.09 Å². The Kier molecular flexibility index (Phi) is 8.16. The van der Waals surface area contributed by atoms with Gasteiger partial charge in [0, 0.05) is 0 Å². The third kappa shape index (κ3) is 8.88. The number of ether oxygens (including phenoxy) is 1. The molecule has 2 aromatic rings. The minimum Gasteiger partial charge on any atom is -0.494 e. The Morgan fingerprint density at radius 1 is 1.04 bits per heavy atom. The van der Waals surface area contributed by atoms with Crippen LogP contribution in [0.25, 0.3) is 0 Å². The number of nitrogens with zero attached hydrogens (tertiary/aromatic N) is 2. The van der Waals surface area contributed by atoms with Crippen LogP contribution in [0, 0.1) is 4.91 Å². The van der Waals surface area contributed by atoms with E-state index in [1.54, 1.807) is 0 Å². The summed E-state index contributed by atoms with van der Waals surface area (Å²) in [6.07, 6.45) is 2.01. The number of rotatable bonds is 6. The van der Waals surface area contributed by atoms with Crippen molar-refractivity contribution in [3.05, 3.63) is 65.1 Å². The average Bonchev–Trinajstić information content (AvgIpc) is 2.53. The van der Waals surface area contributed by atoms with Gasteiger partial charge in [0.1, 0.15) is 10.7 Å². The molecule has 0 aliphatic heterocycles. The second-order valence-corrected chi connectivity index (χ2v) is 4.72. The lowest BCUT2D eigenvalue weighted by Crippen LogP contribution is -2.21. The zero-order valence-electron chi connectivity index (χ0n) is 13.1. The monoisotopic (exact) mass is 333 g/mol. The normalized spacial score (nSPS) is 9.33. The van der Waals surface area contributed by atoms with Crippen LogP contribution in [0.15, 0.2) is 59.6 Å². The van der Waals surface area contributed by atoms with E-state index in [1.807, 2.05) is 30.3 Å². The fourth-order valence-corrected chi connectivity index (χ4v) is 1.88. The fraction of sp³-hybridized carbons (Fsp3) is 0.188. The van der Waals surface area contributed by atoms with E-state index in [9.17, 15) is 0 Å². The van der Waals surface area contributed by atoms with E-state index >= 15 is 0 Å². The molecule has 0 aliphatic carbocycles.